The van der Waals surface area contributed by atoms with E-state index in [1.165, 1.54) is 6.33 Å². The van der Waals surface area contributed by atoms with Crippen molar-refractivity contribution in [3.63, 3.8) is 0 Å². The highest BCUT2D eigenvalue weighted by Gasteiger charge is 2.27. The van der Waals surface area contributed by atoms with Gasteiger partial charge in [-0.15, -0.1) is 0 Å². The van der Waals surface area contributed by atoms with Crippen LogP contribution in [0.2, 0.25) is 0 Å². The molecule has 242 valence electrons. The molecule has 0 saturated carbocycles. The topological polar surface area (TPSA) is 137 Å². The van der Waals surface area contributed by atoms with Crippen LogP contribution in [0, 0.1) is 0 Å². The number of likely N-dealkylation sites (N-methyl/N-ethyl adjacent to an activating group) is 1. The number of likely N-dealkylation sites (tertiary alicyclic amines) is 2. The highest BCUT2D eigenvalue weighted by molar-refractivity contribution is 7.91. The fraction of sp³-hybridized carbons (Fsp3) is 0.353. The molecule has 4 aromatic heterocycles. The van der Waals surface area contributed by atoms with Crippen LogP contribution in [0.15, 0.2) is 88.3 Å². The van der Waals surface area contributed by atoms with Crippen LogP contribution in [0.5, 0.6) is 5.75 Å². The van der Waals surface area contributed by atoms with Crippen LogP contribution in [0.3, 0.4) is 0 Å². The third-order valence-corrected chi connectivity index (χ3v) is 10.3. The van der Waals surface area contributed by atoms with Gasteiger partial charge in [-0.1, -0.05) is 6.42 Å². The van der Waals surface area contributed by atoms with E-state index in [9.17, 15) is 9.35 Å². The lowest BCUT2D eigenvalue weighted by molar-refractivity contribution is 0.186. The fourth-order valence-corrected chi connectivity index (χ4v) is 7.48. The summed E-state index contributed by atoms with van der Waals surface area (Å²) in [6, 6.07) is 13.0. The van der Waals surface area contributed by atoms with Crippen molar-refractivity contribution >= 4 is 33.8 Å². The van der Waals surface area contributed by atoms with Gasteiger partial charge in [0.25, 0.3) is 10.6 Å². The van der Waals surface area contributed by atoms with Crippen LogP contribution in [-0.2, 0) is 17.7 Å². The van der Waals surface area contributed by atoms with Crippen molar-refractivity contribution in [1.82, 2.24) is 39.3 Å². The van der Waals surface area contributed by atoms with Crippen molar-refractivity contribution in [3.05, 3.63) is 95.1 Å². The molecule has 0 radical (unpaired) electrons. The molecule has 3 atom stereocenters. The SMILES string of the molecule is CN1CCC(Oc2ccc(Nc3ncc4cc(C5CCCCN5C)c(=O)n(Cc5cncnc5[S+]([O-])c5ccncc5)c4n3)cc2)C1. The molecule has 0 spiro atoms. The molecule has 1 aromatic carbocycles. The van der Waals surface area contributed by atoms with Crippen LogP contribution in [-0.4, -0.2) is 83.7 Å². The lowest BCUT2D eigenvalue weighted by atomic mass is 9.96. The molecule has 0 bridgehead atoms. The summed E-state index contributed by atoms with van der Waals surface area (Å²) < 4.78 is 21.4. The van der Waals surface area contributed by atoms with Crippen molar-refractivity contribution in [3.8, 4) is 5.75 Å². The van der Waals surface area contributed by atoms with Gasteiger partial charge in [0.2, 0.25) is 5.95 Å². The summed E-state index contributed by atoms with van der Waals surface area (Å²) in [6.45, 7) is 2.96. The van der Waals surface area contributed by atoms with Gasteiger partial charge in [-0.3, -0.25) is 19.2 Å². The first-order valence-corrected chi connectivity index (χ1v) is 17.0. The molecule has 0 amide bonds. The second-order valence-corrected chi connectivity index (χ2v) is 13.6. The standard InChI is InChI=1S/C34H37N9O3S/c1-41-16-12-27(21-41)46-26-8-6-25(7-9-26)39-34-37-19-23-17-29(30-5-3-4-15-42(30)2)33(44)43(31(23)40-34)20-24-18-36-22-38-32(24)47(45)28-10-13-35-14-11-28/h6-11,13-14,17-19,22,27,30H,3-5,12,15-16,20-21H2,1-2H3,(H,37,39,40). The second kappa shape index (κ2) is 13.7. The number of benzene rings is 1. The molecule has 1 N–H and O–H groups in total. The van der Waals surface area contributed by atoms with Gasteiger partial charge >= 0.3 is 0 Å². The average Bonchev–Trinajstić information content (AvgIpc) is 3.51. The van der Waals surface area contributed by atoms with Gasteiger partial charge in [-0.25, -0.2) is 9.97 Å². The Hall–Kier alpha value is -4.43. The summed E-state index contributed by atoms with van der Waals surface area (Å²) in [5, 5.41) is 4.36. The highest BCUT2D eigenvalue weighted by atomic mass is 32.2. The number of ether oxygens (including phenoxy) is 1. The molecule has 2 saturated heterocycles. The van der Waals surface area contributed by atoms with Gasteiger partial charge in [-0.05, 0) is 70.2 Å². The molecule has 0 aliphatic carbocycles. The molecule has 5 aromatic rings. The molecule has 7 rings (SSSR count). The molecular weight excluding hydrogens is 615 g/mol. The first kappa shape index (κ1) is 31.2. The molecular formula is C34H37N9O3S. The van der Waals surface area contributed by atoms with Crippen molar-refractivity contribution in [2.75, 3.05) is 39.0 Å². The van der Waals surface area contributed by atoms with Gasteiger partial charge in [0.05, 0.1) is 12.1 Å². The fourth-order valence-electron chi connectivity index (χ4n) is 6.39. The van der Waals surface area contributed by atoms with Crippen molar-refractivity contribution in [2.45, 2.75) is 54.3 Å². The molecule has 47 heavy (non-hydrogen) atoms. The van der Waals surface area contributed by atoms with Gasteiger partial charge < -0.3 is 19.5 Å². The number of nitrogens with one attached hydrogen (secondary N) is 1. The zero-order chi connectivity index (χ0) is 32.3. The number of nitrogens with zero attached hydrogens (tertiary/aromatic N) is 8. The second-order valence-electron chi connectivity index (χ2n) is 12.2. The lowest BCUT2D eigenvalue weighted by Gasteiger charge is -2.32. The lowest BCUT2D eigenvalue weighted by Crippen LogP contribution is -2.36. The Labute approximate surface area is 276 Å². The number of hydrogen-bond acceptors (Lipinski definition) is 11. The first-order chi connectivity index (χ1) is 22.9. The number of hydrogen-bond donors (Lipinski definition) is 1. The van der Waals surface area contributed by atoms with Gasteiger partial charge in [0, 0.05) is 83.9 Å². The van der Waals surface area contributed by atoms with Gasteiger partial charge in [0.15, 0.2) is 4.90 Å². The average molecular weight is 652 g/mol. The number of rotatable bonds is 9. The molecule has 13 heteroatoms. The third-order valence-electron chi connectivity index (χ3n) is 8.86. The quantitative estimate of drug-likeness (QED) is 0.182. The van der Waals surface area contributed by atoms with E-state index in [-0.39, 0.29) is 24.2 Å². The number of piperidine rings is 1. The van der Waals surface area contributed by atoms with Crippen molar-refractivity contribution < 1.29 is 9.29 Å². The Balaban J connectivity index is 1.24. The van der Waals surface area contributed by atoms with E-state index in [2.05, 4.69) is 49.1 Å². The molecule has 12 nitrogen and oxygen atoms in total. The first-order valence-electron chi connectivity index (χ1n) is 15.9. The van der Waals surface area contributed by atoms with E-state index in [0.29, 0.717) is 32.6 Å². The van der Waals surface area contributed by atoms with Crippen LogP contribution in [0.4, 0.5) is 11.6 Å². The number of anilines is 2. The molecule has 2 aliphatic rings. The van der Waals surface area contributed by atoms with E-state index in [4.69, 9.17) is 9.72 Å². The van der Waals surface area contributed by atoms with Crippen LogP contribution in [0.1, 0.15) is 42.9 Å². The minimum Gasteiger partial charge on any atom is -0.605 e. The van der Waals surface area contributed by atoms with E-state index in [1.54, 1.807) is 41.5 Å². The number of aromatic nitrogens is 6. The largest absolute Gasteiger partial charge is 0.605 e. The normalized spacial score (nSPS) is 19.6. The van der Waals surface area contributed by atoms with E-state index in [0.717, 1.165) is 62.1 Å². The van der Waals surface area contributed by atoms with Crippen LogP contribution < -0.4 is 15.6 Å². The Morgan fingerprint density at radius 2 is 1.83 bits per heavy atom. The Kier molecular flexibility index (Phi) is 9.12. The van der Waals surface area contributed by atoms with Crippen LogP contribution >= 0.6 is 0 Å². The van der Waals surface area contributed by atoms with Crippen LogP contribution in [0.25, 0.3) is 11.0 Å². The summed E-state index contributed by atoms with van der Waals surface area (Å²) in [5.41, 5.74) is 2.37. The highest BCUT2D eigenvalue weighted by Crippen LogP contribution is 2.30. The number of pyridine rings is 2. The molecule has 6 heterocycles. The monoisotopic (exact) mass is 651 g/mol. The van der Waals surface area contributed by atoms with E-state index in [1.807, 2.05) is 30.3 Å². The zero-order valence-corrected chi connectivity index (χ0v) is 27.3. The van der Waals surface area contributed by atoms with E-state index >= 15 is 0 Å². The van der Waals surface area contributed by atoms with Crippen molar-refractivity contribution in [1.29, 1.82) is 0 Å². The number of fused-ring (bicyclic) bond motifs is 1. The Bertz CT molecular complexity index is 1910. The van der Waals surface area contributed by atoms with E-state index < -0.39 is 11.2 Å². The Morgan fingerprint density at radius 3 is 2.60 bits per heavy atom. The zero-order valence-electron chi connectivity index (χ0n) is 26.5. The molecule has 2 aliphatic heterocycles. The smallest absolute Gasteiger partial charge is 0.258 e. The predicted octanol–water partition coefficient (Wildman–Crippen LogP) is 4.17. The molecule has 2 fully saturated rings. The minimum absolute atomic E-state index is 0.0208. The molecule has 3 unspecified atom stereocenters. The summed E-state index contributed by atoms with van der Waals surface area (Å²) >= 11 is -1.60. The van der Waals surface area contributed by atoms with Gasteiger partial charge in [-0.2, -0.15) is 9.97 Å². The minimum atomic E-state index is -1.60. The summed E-state index contributed by atoms with van der Waals surface area (Å²) in [4.78, 5) is 41.6. The van der Waals surface area contributed by atoms with Crippen molar-refractivity contribution in [2.24, 2.45) is 0 Å². The third kappa shape index (κ3) is 6.84. The maximum atomic E-state index is 14.4. The Morgan fingerprint density at radius 1 is 1.00 bits per heavy atom. The maximum absolute atomic E-state index is 14.4. The van der Waals surface area contributed by atoms with Gasteiger partial charge in [0.1, 0.15) is 23.8 Å². The maximum Gasteiger partial charge on any atom is 0.258 e. The summed E-state index contributed by atoms with van der Waals surface area (Å²) in [6.07, 6.45) is 12.2. The predicted molar refractivity (Wildman–Crippen MR) is 179 cm³/mol. The summed E-state index contributed by atoms with van der Waals surface area (Å²) in [5.74, 6) is 1.17. The summed E-state index contributed by atoms with van der Waals surface area (Å²) in [7, 11) is 4.16.